The third kappa shape index (κ3) is 4.69. The summed E-state index contributed by atoms with van der Waals surface area (Å²) in [5.74, 6) is 0.202. The molecule has 1 aliphatic heterocycles. The molecule has 1 aliphatic rings. The van der Waals surface area contributed by atoms with Crippen LogP contribution in [0, 0.1) is 30.9 Å². The molecule has 0 spiro atoms. The van der Waals surface area contributed by atoms with E-state index in [-0.39, 0.29) is 23.8 Å². The number of nitrogens with zero attached hydrogens (tertiary/aromatic N) is 4. The first-order valence-electron chi connectivity index (χ1n) is 11.7. The van der Waals surface area contributed by atoms with Crippen molar-refractivity contribution in [2.45, 2.75) is 6.92 Å². The smallest absolute Gasteiger partial charge is 0.254 e. The summed E-state index contributed by atoms with van der Waals surface area (Å²) in [4.78, 5) is 23.5. The van der Waals surface area contributed by atoms with Gasteiger partial charge in [-0.3, -0.25) is 9.20 Å². The van der Waals surface area contributed by atoms with Crippen molar-refractivity contribution in [2.75, 3.05) is 38.1 Å². The van der Waals surface area contributed by atoms with E-state index >= 15 is 0 Å². The molecule has 2 aromatic heterocycles. The third-order valence-electron chi connectivity index (χ3n) is 6.19. The summed E-state index contributed by atoms with van der Waals surface area (Å²) in [6, 6.07) is 8.21. The van der Waals surface area contributed by atoms with E-state index in [2.05, 4.69) is 26.5 Å². The number of imidazole rings is 1. The predicted octanol–water partition coefficient (Wildman–Crippen LogP) is 3.78. The van der Waals surface area contributed by atoms with Crippen molar-refractivity contribution < 1.29 is 18.3 Å². The monoisotopic (exact) mass is 502 g/mol. The molecule has 1 amide bonds. The quantitative estimate of drug-likeness (QED) is 0.391. The number of aryl methyl sites for hydroxylation is 1. The SMILES string of the molecule is C#CCOc1ccc(-c2cnc3c(Nc4ccc(C(=O)N5CCNCC5)c(C)c4)nccn23)c(F)c1F. The lowest BCUT2D eigenvalue weighted by atomic mass is 10.1. The molecule has 0 saturated carbocycles. The fourth-order valence-electron chi connectivity index (χ4n) is 4.32. The number of ether oxygens (including phenoxy) is 1. The number of benzene rings is 2. The van der Waals surface area contributed by atoms with Gasteiger partial charge in [0.1, 0.15) is 6.61 Å². The summed E-state index contributed by atoms with van der Waals surface area (Å²) in [5.41, 5.74) is 2.97. The molecule has 3 heterocycles. The Kier molecular flexibility index (Phi) is 6.70. The molecule has 0 bridgehead atoms. The van der Waals surface area contributed by atoms with Gasteiger partial charge in [-0.2, -0.15) is 4.39 Å². The first-order valence-corrected chi connectivity index (χ1v) is 11.7. The Labute approximate surface area is 212 Å². The van der Waals surface area contributed by atoms with Gasteiger partial charge in [0, 0.05) is 55.4 Å². The minimum atomic E-state index is -1.12. The van der Waals surface area contributed by atoms with Crippen LogP contribution >= 0.6 is 0 Å². The second kappa shape index (κ2) is 10.2. The van der Waals surface area contributed by atoms with Gasteiger partial charge in [0.2, 0.25) is 5.82 Å². The Hall–Kier alpha value is -4.49. The number of carbonyl (C=O) groups excluding carboxylic acids is 1. The van der Waals surface area contributed by atoms with Gasteiger partial charge in [0.15, 0.2) is 23.0 Å². The van der Waals surface area contributed by atoms with E-state index in [0.29, 0.717) is 41.5 Å². The van der Waals surface area contributed by atoms with Crippen molar-refractivity contribution in [3.05, 3.63) is 71.7 Å². The Bertz CT molecular complexity index is 1520. The highest BCUT2D eigenvalue weighted by Crippen LogP contribution is 2.32. The fraction of sp³-hybridized carbons (Fsp3) is 0.222. The number of nitrogens with one attached hydrogen (secondary N) is 2. The molecule has 37 heavy (non-hydrogen) atoms. The molecule has 0 unspecified atom stereocenters. The molecule has 0 aliphatic carbocycles. The number of hydrogen-bond donors (Lipinski definition) is 2. The van der Waals surface area contributed by atoms with E-state index < -0.39 is 11.6 Å². The van der Waals surface area contributed by atoms with Gasteiger partial charge in [0.05, 0.1) is 11.9 Å². The summed E-state index contributed by atoms with van der Waals surface area (Å²) < 4.78 is 36.1. The Morgan fingerprint density at radius 1 is 1.19 bits per heavy atom. The molecule has 188 valence electrons. The van der Waals surface area contributed by atoms with Crippen LogP contribution in [0.2, 0.25) is 0 Å². The molecule has 1 fully saturated rings. The van der Waals surface area contributed by atoms with Crippen molar-refractivity contribution in [3.63, 3.8) is 0 Å². The van der Waals surface area contributed by atoms with Gasteiger partial charge < -0.3 is 20.3 Å². The zero-order valence-electron chi connectivity index (χ0n) is 20.1. The second-order valence-corrected chi connectivity index (χ2v) is 8.54. The van der Waals surface area contributed by atoms with E-state index in [9.17, 15) is 13.6 Å². The van der Waals surface area contributed by atoms with Crippen LogP contribution in [0.3, 0.4) is 0 Å². The minimum Gasteiger partial charge on any atom is -0.478 e. The van der Waals surface area contributed by atoms with E-state index in [0.717, 1.165) is 18.7 Å². The van der Waals surface area contributed by atoms with Crippen LogP contribution in [0.5, 0.6) is 5.75 Å². The van der Waals surface area contributed by atoms with Gasteiger partial charge in [0.25, 0.3) is 5.91 Å². The van der Waals surface area contributed by atoms with Crippen molar-refractivity contribution in [1.82, 2.24) is 24.6 Å². The molecule has 2 aromatic carbocycles. The first kappa shape index (κ1) is 24.2. The molecule has 0 radical (unpaired) electrons. The first-order chi connectivity index (χ1) is 18.0. The molecule has 10 heteroatoms. The largest absolute Gasteiger partial charge is 0.478 e. The molecule has 8 nitrogen and oxygen atoms in total. The van der Waals surface area contributed by atoms with Crippen molar-refractivity contribution in [1.29, 1.82) is 0 Å². The van der Waals surface area contributed by atoms with Crippen LogP contribution in [0.4, 0.5) is 20.3 Å². The van der Waals surface area contributed by atoms with Crippen molar-refractivity contribution in [3.8, 4) is 29.4 Å². The van der Waals surface area contributed by atoms with Gasteiger partial charge in [-0.05, 0) is 42.8 Å². The summed E-state index contributed by atoms with van der Waals surface area (Å²) in [7, 11) is 0. The third-order valence-corrected chi connectivity index (χ3v) is 6.19. The molecular weight excluding hydrogens is 478 g/mol. The highest BCUT2D eigenvalue weighted by atomic mass is 19.2. The van der Waals surface area contributed by atoms with Gasteiger partial charge in [-0.25, -0.2) is 14.4 Å². The summed E-state index contributed by atoms with van der Waals surface area (Å²) in [6.07, 6.45) is 9.73. The van der Waals surface area contributed by atoms with Crippen LogP contribution in [0.25, 0.3) is 16.9 Å². The number of hydrogen-bond acceptors (Lipinski definition) is 6. The molecule has 1 saturated heterocycles. The van der Waals surface area contributed by atoms with E-state index in [1.54, 1.807) is 22.7 Å². The Balaban J connectivity index is 1.42. The number of halogens is 2. The number of aromatic nitrogens is 3. The van der Waals surface area contributed by atoms with Crippen LogP contribution in [0.1, 0.15) is 15.9 Å². The average molecular weight is 503 g/mol. The molecule has 2 N–H and O–H groups in total. The van der Waals surface area contributed by atoms with Crippen LogP contribution in [-0.4, -0.2) is 58.0 Å². The van der Waals surface area contributed by atoms with E-state index in [1.807, 2.05) is 17.9 Å². The molecule has 0 atom stereocenters. The predicted molar refractivity (Wildman–Crippen MR) is 136 cm³/mol. The molecule has 5 rings (SSSR count). The highest BCUT2D eigenvalue weighted by molar-refractivity contribution is 5.96. The number of carbonyl (C=O) groups is 1. The zero-order valence-corrected chi connectivity index (χ0v) is 20.1. The number of terminal acetylenes is 1. The lowest BCUT2D eigenvalue weighted by Crippen LogP contribution is -2.46. The maximum atomic E-state index is 14.9. The van der Waals surface area contributed by atoms with Crippen LogP contribution < -0.4 is 15.4 Å². The summed E-state index contributed by atoms with van der Waals surface area (Å²) in [5, 5.41) is 6.46. The fourth-order valence-corrected chi connectivity index (χ4v) is 4.32. The zero-order chi connectivity index (χ0) is 25.9. The maximum Gasteiger partial charge on any atom is 0.254 e. The highest BCUT2D eigenvalue weighted by Gasteiger charge is 2.21. The van der Waals surface area contributed by atoms with Crippen molar-refractivity contribution >= 4 is 23.1 Å². The topological polar surface area (TPSA) is 83.8 Å². The molecular formula is C27H24F2N6O2. The average Bonchev–Trinajstić information content (AvgIpc) is 3.35. The standard InChI is InChI=1S/C27H24F2N6O2/c1-3-14-37-22-7-6-20(23(28)24(22)29)21-16-32-26-25(31-10-13-35(21)26)33-18-4-5-19(17(2)15-18)27(36)34-11-8-30-9-12-34/h1,4-7,10,13,15-16,30H,8-9,11-12,14H2,2H3,(H,31,33). The summed E-state index contributed by atoms with van der Waals surface area (Å²) in [6.45, 7) is 4.64. The Morgan fingerprint density at radius 3 is 2.76 bits per heavy atom. The number of rotatable bonds is 6. The number of anilines is 2. The van der Waals surface area contributed by atoms with Crippen LogP contribution in [-0.2, 0) is 0 Å². The van der Waals surface area contributed by atoms with E-state index in [1.165, 1.54) is 24.5 Å². The number of amides is 1. The Morgan fingerprint density at radius 2 is 2.00 bits per heavy atom. The normalized spacial score (nSPS) is 13.4. The van der Waals surface area contributed by atoms with Gasteiger partial charge >= 0.3 is 0 Å². The lowest BCUT2D eigenvalue weighted by Gasteiger charge is -2.28. The van der Waals surface area contributed by atoms with E-state index in [4.69, 9.17) is 11.2 Å². The maximum absolute atomic E-state index is 14.9. The second-order valence-electron chi connectivity index (χ2n) is 8.54. The number of piperazine rings is 1. The van der Waals surface area contributed by atoms with Crippen LogP contribution in [0.15, 0.2) is 48.9 Å². The lowest BCUT2D eigenvalue weighted by molar-refractivity contribution is 0.0735. The van der Waals surface area contributed by atoms with Gasteiger partial charge in [-0.1, -0.05) is 5.92 Å². The minimum absolute atomic E-state index is 0.00800. The van der Waals surface area contributed by atoms with Crippen molar-refractivity contribution in [2.24, 2.45) is 0 Å². The van der Waals surface area contributed by atoms with Gasteiger partial charge in [-0.15, -0.1) is 6.42 Å². The molecule has 4 aromatic rings. The summed E-state index contributed by atoms with van der Waals surface area (Å²) >= 11 is 0. The number of fused-ring (bicyclic) bond motifs is 1.